The van der Waals surface area contributed by atoms with E-state index in [9.17, 15) is 13.2 Å². The molecule has 0 saturated carbocycles. The van der Waals surface area contributed by atoms with Crippen molar-refractivity contribution in [2.75, 3.05) is 5.32 Å². The minimum atomic E-state index is -3.66. The summed E-state index contributed by atoms with van der Waals surface area (Å²) in [5, 5.41) is 2.71. The van der Waals surface area contributed by atoms with Gasteiger partial charge in [-0.15, -0.1) is 0 Å². The number of sulfonamides is 1. The third-order valence-corrected chi connectivity index (χ3v) is 5.74. The molecule has 1 aromatic carbocycles. The number of benzene rings is 1. The smallest absolute Gasteiger partial charge is 0.243 e. The Hall–Kier alpha value is -2.25. The van der Waals surface area contributed by atoms with Gasteiger partial charge < -0.3 is 5.32 Å². The molecule has 134 valence electrons. The zero-order valence-corrected chi connectivity index (χ0v) is 15.5. The van der Waals surface area contributed by atoms with E-state index >= 15 is 0 Å². The van der Waals surface area contributed by atoms with Gasteiger partial charge in [-0.1, -0.05) is 13.0 Å². The summed E-state index contributed by atoms with van der Waals surface area (Å²) in [6, 6.07) is 9.65. The molecule has 1 heterocycles. The fourth-order valence-corrected chi connectivity index (χ4v) is 3.94. The fraction of sp³-hybridized carbons (Fsp3) is 0.333. The molecule has 6 nitrogen and oxygen atoms in total. The monoisotopic (exact) mass is 361 g/mol. The van der Waals surface area contributed by atoms with Crippen LogP contribution in [0, 0.1) is 0 Å². The number of nitrogens with zero attached hydrogens (tertiary/aromatic N) is 2. The Kier molecular flexibility index (Phi) is 6.27. The van der Waals surface area contributed by atoms with Crippen LogP contribution in [0.4, 0.5) is 5.69 Å². The molecule has 0 aliphatic carbocycles. The van der Waals surface area contributed by atoms with E-state index in [0.717, 1.165) is 5.56 Å². The van der Waals surface area contributed by atoms with E-state index in [1.54, 1.807) is 37.5 Å². The molecular formula is C18H23N3O3S. The van der Waals surface area contributed by atoms with E-state index in [-0.39, 0.29) is 23.4 Å². The molecule has 2 aromatic rings. The molecule has 25 heavy (non-hydrogen) atoms. The molecule has 0 radical (unpaired) electrons. The Bertz CT molecular complexity index is 803. The molecule has 0 atom stereocenters. The Morgan fingerprint density at radius 2 is 1.88 bits per heavy atom. The fourth-order valence-electron chi connectivity index (χ4n) is 2.31. The molecule has 0 spiro atoms. The minimum absolute atomic E-state index is 0.115. The predicted molar refractivity (Wildman–Crippen MR) is 97.5 cm³/mol. The van der Waals surface area contributed by atoms with Crippen LogP contribution in [0.3, 0.4) is 0 Å². The van der Waals surface area contributed by atoms with Crippen LogP contribution in [0.25, 0.3) is 0 Å². The lowest BCUT2D eigenvalue weighted by atomic mass is 10.2. The highest BCUT2D eigenvalue weighted by Crippen LogP contribution is 2.22. The first kappa shape index (κ1) is 19.1. The van der Waals surface area contributed by atoms with Gasteiger partial charge in [-0.3, -0.25) is 9.78 Å². The molecule has 0 aliphatic heterocycles. The van der Waals surface area contributed by atoms with Gasteiger partial charge in [0.1, 0.15) is 0 Å². The topological polar surface area (TPSA) is 79.4 Å². The lowest BCUT2D eigenvalue weighted by molar-refractivity contribution is -0.115. The van der Waals surface area contributed by atoms with Crippen LogP contribution in [0.2, 0.25) is 0 Å². The van der Waals surface area contributed by atoms with Crippen LogP contribution >= 0.6 is 0 Å². The molecule has 0 aliphatic rings. The number of nitrogens with one attached hydrogen (secondary N) is 1. The van der Waals surface area contributed by atoms with Crippen molar-refractivity contribution in [1.82, 2.24) is 9.29 Å². The number of amides is 1. The number of pyridine rings is 1. The number of carbonyl (C=O) groups is 1. The highest BCUT2D eigenvalue weighted by molar-refractivity contribution is 7.89. The largest absolute Gasteiger partial charge is 0.326 e. The van der Waals surface area contributed by atoms with Crippen molar-refractivity contribution in [3.63, 3.8) is 0 Å². The van der Waals surface area contributed by atoms with Gasteiger partial charge in [0, 0.05) is 37.1 Å². The number of carbonyl (C=O) groups excluding carboxylic acids is 1. The van der Waals surface area contributed by atoms with E-state index in [2.05, 4.69) is 10.3 Å². The molecule has 1 aromatic heterocycles. The normalized spacial score (nSPS) is 11.7. The van der Waals surface area contributed by atoms with Gasteiger partial charge in [0.05, 0.1) is 4.90 Å². The maximum Gasteiger partial charge on any atom is 0.243 e. The van der Waals surface area contributed by atoms with Gasteiger partial charge in [-0.25, -0.2) is 8.42 Å². The Morgan fingerprint density at radius 1 is 1.20 bits per heavy atom. The molecule has 0 unspecified atom stereocenters. The van der Waals surface area contributed by atoms with Gasteiger partial charge in [-0.2, -0.15) is 4.31 Å². The SMILES string of the molecule is CCC(=O)Nc1ccc(S(=O)(=O)N(Cc2cccnc2)C(C)C)cc1. The van der Waals surface area contributed by atoms with Crippen LogP contribution in [-0.2, 0) is 21.4 Å². The first-order chi connectivity index (χ1) is 11.8. The predicted octanol–water partition coefficient (Wildman–Crippen LogP) is 3.03. The zero-order valence-electron chi connectivity index (χ0n) is 14.6. The van der Waals surface area contributed by atoms with Gasteiger partial charge in [0.15, 0.2) is 0 Å². The average Bonchev–Trinajstić information content (AvgIpc) is 2.60. The Balaban J connectivity index is 2.26. The summed E-state index contributed by atoms with van der Waals surface area (Å²) >= 11 is 0. The van der Waals surface area contributed by atoms with E-state index in [1.165, 1.54) is 16.4 Å². The van der Waals surface area contributed by atoms with Crippen LogP contribution in [-0.4, -0.2) is 29.7 Å². The molecule has 1 amide bonds. The molecule has 1 N–H and O–H groups in total. The Labute approximate surface area is 148 Å². The van der Waals surface area contributed by atoms with Crippen LogP contribution in [0.5, 0.6) is 0 Å². The maximum absolute atomic E-state index is 13.0. The lowest BCUT2D eigenvalue weighted by Crippen LogP contribution is -2.36. The lowest BCUT2D eigenvalue weighted by Gasteiger charge is -2.26. The number of anilines is 1. The molecule has 0 saturated heterocycles. The number of hydrogen-bond acceptors (Lipinski definition) is 4. The van der Waals surface area contributed by atoms with Crippen molar-refractivity contribution in [2.24, 2.45) is 0 Å². The summed E-state index contributed by atoms with van der Waals surface area (Å²) in [5.74, 6) is -0.115. The first-order valence-electron chi connectivity index (χ1n) is 8.15. The van der Waals surface area contributed by atoms with Crippen LogP contribution < -0.4 is 5.32 Å². The molecule has 2 rings (SSSR count). The second kappa shape index (κ2) is 8.22. The second-order valence-corrected chi connectivity index (χ2v) is 7.82. The van der Waals surface area contributed by atoms with Crippen LogP contribution in [0.15, 0.2) is 53.7 Å². The Morgan fingerprint density at radius 3 is 2.40 bits per heavy atom. The van der Waals surface area contributed by atoms with Crippen molar-refractivity contribution in [3.8, 4) is 0 Å². The first-order valence-corrected chi connectivity index (χ1v) is 9.59. The standard InChI is InChI=1S/C18H23N3O3S/c1-4-18(22)20-16-7-9-17(10-8-16)25(23,24)21(14(2)3)13-15-6-5-11-19-12-15/h5-12,14H,4,13H2,1-3H3,(H,20,22). The van der Waals surface area contributed by atoms with E-state index < -0.39 is 10.0 Å². The molecular weight excluding hydrogens is 338 g/mol. The average molecular weight is 361 g/mol. The summed E-state index contributed by atoms with van der Waals surface area (Å²) < 4.78 is 27.4. The summed E-state index contributed by atoms with van der Waals surface area (Å²) in [5.41, 5.74) is 1.40. The molecule has 7 heteroatoms. The highest BCUT2D eigenvalue weighted by atomic mass is 32.2. The van der Waals surface area contributed by atoms with Crippen molar-refractivity contribution in [3.05, 3.63) is 54.4 Å². The summed E-state index contributed by atoms with van der Waals surface area (Å²) in [7, 11) is -3.66. The van der Waals surface area contributed by atoms with Crippen molar-refractivity contribution in [1.29, 1.82) is 0 Å². The maximum atomic E-state index is 13.0. The summed E-state index contributed by atoms with van der Waals surface area (Å²) in [4.78, 5) is 15.7. The van der Waals surface area contributed by atoms with Crippen LogP contribution in [0.1, 0.15) is 32.8 Å². The van der Waals surface area contributed by atoms with E-state index in [0.29, 0.717) is 12.1 Å². The third-order valence-electron chi connectivity index (χ3n) is 3.70. The van der Waals surface area contributed by atoms with E-state index in [4.69, 9.17) is 0 Å². The van der Waals surface area contributed by atoms with Gasteiger partial charge in [-0.05, 0) is 49.7 Å². The zero-order chi connectivity index (χ0) is 18.4. The minimum Gasteiger partial charge on any atom is -0.326 e. The summed E-state index contributed by atoms with van der Waals surface area (Å²) in [6.07, 6.45) is 3.68. The van der Waals surface area contributed by atoms with Gasteiger partial charge in [0.2, 0.25) is 15.9 Å². The van der Waals surface area contributed by atoms with Gasteiger partial charge in [0.25, 0.3) is 0 Å². The van der Waals surface area contributed by atoms with Crippen molar-refractivity contribution < 1.29 is 13.2 Å². The van der Waals surface area contributed by atoms with Crippen molar-refractivity contribution >= 4 is 21.6 Å². The number of hydrogen-bond donors (Lipinski definition) is 1. The quantitative estimate of drug-likeness (QED) is 0.822. The van der Waals surface area contributed by atoms with Gasteiger partial charge >= 0.3 is 0 Å². The molecule has 0 bridgehead atoms. The second-order valence-electron chi connectivity index (χ2n) is 5.93. The van der Waals surface area contributed by atoms with E-state index in [1.807, 2.05) is 19.9 Å². The number of rotatable bonds is 7. The highest BCUT2D eigenvalue weighted by Gasteiger charge is 2.27. The van der Waals surface area contributed by atoms with Crippen molar-refractivity contribution in [2.45, 2.75) is 44.7 Å². The third kappa shape index (κ3) is 4.87. The number of aromatic nitrogens is 1. The summed E-state index contributed by atoms with van der Waals surface area (Å²) in [6.45, 7) is 5.68. The molecule has 0 fully saturated rings.